The normalized spacial score (nSPS) is 13.3. The monoisotopic (exact) mass is 183 g/mol. The van der Waals surface area contributed by atoms with E-state index >= 15 is 0 Å². The molecule has 0 saturated heterocycles. The van der Waals surface area contributed by atoms with Gasteiger partial charge in [0, 0.05) is 12.3 Å². The number of hydrogen-bond acceptors (Lipinski definition) is 1. The van der Waals surface area contributed by atoms with Crippen LogP contribution >= 0.6 is 0 Å². The molecule has 0 bridgehead atoms. The molecule has 1 unspecified atom stereocenters. The van der Waals surface area contributed by atoms with E-state index in [4.69, 9.17) is 0 Å². The molecule has 2 nitrogen and oxygen atoms in total. The molecule has 1 aromatic rings. The zero-order valence-electron chi connectivity index (χ0n) is 8.12. The second-order valence-electron chi connectivity index (χ2n) is 3.44. The van der Waals surface area contributed by atoms with Crippen molar-refractivity contribution < 1.29 is 4.39 Å². The van der Waals surface area contributed by atoms with E-state index in [0.717, 1.165) is 10.1 Å². The molecule has 1 atom stereocenters. The Morgan fingerprint density at radius 3 is 2.38 bits per heavy atom. The van der Waals surface area contributed by atoms with Gasteiger partial charge in [0.25, 0.3) is 5.56 Å². The highest BCUT2D eigenvalue weighted by Gasteiger charge is 2.06. The zero-order chi connectivity index (χ0) is 10.0. The van der Waals surface area contributed by atoms with Gasteiger partial charge in [0.1, 0.15) is 0 Å². The van der Waals surface area contributed by atoms with Crippen LogP contribution in [-0.2, 0) is 0 Å². The number of pyridine rings is 1. The Bertz CT molecular complexity index is 341. The minimum Gasteiger partial charge on any atom is -0.284 e. The van der Waals surface area contributed by atoms with Gasteiger partial charge >= 0.3 is 0 Å². The van der Waals surface area contributed by atoms with Crippen LogP contribution in [0.1, 0.15) is 38.5 Å². The standard InChI is InChI=1S/C10H14FNO/c1-7(2)9-4-5-10(13)12(6-9)8(3)11/h4-8H,1-3H3. The minimum absolute atomic E-state index is 0.292. The molecule has 0 saturated carbocycles. The maximum Gasteiger partial charge on any atom is 0.252 e. The van der Waals surface area contributed by atoms with Crippen molar-refractivity contribution in [3.05, 3.63) is 34.2 Å². The molecule has 0 amide bonds. The molecule has 1 rings (SSSR count). The average molecular weight is 183 g/mol. The smallest absolute Gasteiger partial charge is 0.252 e. The largest absolute Gasteiger partial charge is 0.284 e. The van der Waals surface area contributed by atoms with Gasteiger partial charge in [-0.2, -0.15) is 0 Å². The molecule has 0 aliphatic rings. The van der Waals surface area contributed by atoms with Gasteiger partial charge in [-0.05, 0) is 18.4 Å². The van der Waals surface area contributed by atoms with Crippen molar-refractivity contribution in [2.75, 3.05) is 0 Å². The molecule has 0 aliphatic carbocycles. The predicted octanol–water partition coefficient (Wildman–Crippen LogP) is 2.46. The van der Waals surface area contributed by atoms with E-state index in [1.807, 2.05) is 13.8 Å². The molecule has 0 aromatic carbocycles. The Labute approximate surface area is 77.0 Å². The van der Waals surface area contributed by atoms with E-state index in [9.17, 15) is 9.18 Å². The van der Waals surface area contributed by atoms with Gasteiger partial charge in [-0.25, -0.2) is 4.39 Å². The van der Waals surface area contributed by atoms with Crippen LogP contribution in [0.5, 0.6) is 0 Å². The minimum atomic E-state index is -1.26. The van der Waals surface area contributed by atoms with Gasteiger partial charge in [-0.3, -0.25) is 9.36 Å². The number of halogens is 1. The van der Waals surface area contributed by atoms with Gasteiger partial charge in [-0.15, -0.1) is 0 Å². The van der Waals surface area contributed by atoms with Gasteiger partial charge in [0.15, 0.2) is 6.30 Å². The summed E-state index contributed by atoms with van der Waals surface area (Å²) in [6.07, 6.45) is 0.323. The molecule has 72 valence electrons. The van der Waals surface area contributed by atoms with Crippen molar-refractivity contribution in [2.24, 2.45) is 0 Å². The molecule has 0 N–H and O–H groups in total. The van der Waals surface area contributed by atoms with Crippen LogP contribution in [0.25, 0.3) is 0 Å². The average Bonchev–Trinajstić information content (AvgIpc) is 2.04. The van der Waals surface area contributed by atoms with Crippen LogP contribution in [0.2, 0.25) is 0 Å². The second kappa shape index (κ2) is 3.73. The first kappa shape index (κ1) is 9.96. The summed E-state index contributed by atoms with van der Waals surface area (Å²) in [6.45, 7) is 5.37. The highest BCUT2D eigenvalue weighted by molar-refractivity contribution is 5.14. The molecule has 13 heavy (non-hydrogen) atoms. The maximum atomic E-state index is 12.9. The Morgan fingerprint density at radius 2 is 1.92 bits per heavy atom. The van der Waals surface area contributed by atoms with Crippen molar-refractivity contribution in [3.63, 3.8) is 0 Å². The summed E-state index contributed by atoms with van der Waals surface area (Å²) >= 11 is 0. The SMILES string of the molecule is CC(C)c1ccc(=O)n(C(C)F)c1. The Hall–Kier alpha value is -1.12. The molecular formula is C10H14FNO. The van der Waals surface area contributed by atoms with E-state index < -0.39 is 6.30 Å². The fraction of sp³-hybridized carbons (Fsp3) is 0.500. The summed E-state index contributed by atoms with van der Waals surface area (Å²) < 4.78 is 14.0. The van der Waals surface area contributed by atoms with Gasteiger partial charge in [-0.1, -0.05) is 19.9 Å². The predicted molar refractivity (Wildman–Crippen MR) is 50.6 cm³/mol. The molecule has 3 heteroatoms. The van der Waals surface area contributed by atoms with Gasteiger partial charge in [0.2, 0.25) is 0 Å². The highest BCUT2D eigenvalue weighted by Crippen LogP contribution is 2.13. The van der Waals surface area contributed by atoms with Crippen molar-refractivity contribution in [2.45, 2.75) is 33.0 Å². The number of aromatic nitrogens is 1. The Morgan fingerprint density at radius 1 is 1.31 bits per heavy atom. The van der Waals surface area contributed by atoms with E-state index in [0.29, 0.717) is 5.92 Å². The lowest BCUT2D eigenvalue weighted by Crippen LogP contribution is -2.20. The quantitative estimate of drug-likeness (QED) is 0.690. The number of alkyl halides is 1. The summed E-state index contributed by atoms with van der Waals surface area (Å²) in [4.78, 5) is 11.2. The van der Waals surface area contributed by atoms with Crippen molar-refractivity contribution in [1.29, 1.82) is 0 Å². The Kier molecular flexibility index (Phi) is 2.86. The lowest BCUT2D eigenvalue weighted by Gasteiger charge is -2.10. The first-order valence-electron chi connectivity index (χ1n) is 4.38. The fourth-order valence-electron chi connectivity index (χ4n) is 1.14. The van der Waals surface area contributed by atoms with Crippen LogP contribution in [0.3, 0.4) is 0 Å². The van der Waals surface area contributed by atoms with Gasteiger partial charge < -0.3 is 0 Å². The topological polar surface area (TPSA) is 22.0 Å². The van der Waals surface area contributed by atoms with Gasteiger partial charge in [0.05, 0.1) is 0 Å². The van der Waals surface area contributed by atoms with Crippen LogP contribution < -0.4 is 5.56 Å². The molecule has 0 spiro atoms. The number of rotatable bonds is 2. The molecule has 1 aromatic heterocycles. The third-order valence-corrected chi connectivity index (χ3v) is 2.01. The van der Waals surface area contributed by atoms with E-state index in [2.05, 4.69) is 0 Å². The summed E-state index contributed by atoms with van der Waals surface area (Å²) in [7, 11) is 0. The fourth-order valence-corrected chi connectivity index (χ4v) is 1.14. The molecule has 0 fully saturated rings. The number of hydrogen-bond donors (Lipinski definition) is 0. The van der Waals surface area contributed by atoms with Crippen molar-refractivity contribution in [1.82, 2.24) is 4.57 Å². The molecule has 0 radical (unpaired) electrons. The first-order chi connectivity index (χ1) is 6.02. The third kappa shape index (κ3) is 2.17. The van der Waals surface area contributed by atoms with E-state index in [1.54, 1.807) is 12.3 Å². The number of nitrogens with zero attached hydrogens (tertiary/aromatic N) is 1. The highest BCUT2D eigenvalue weighted by atomic mass is 19.1. The van der Waals surface area contributed by atoms with Crippen LogP contribution in [0.15, 0.2) is 23.1 Å². The lowest BCUT2D eigenvalue weighted by molar-refractivity contribution is 0.260. The molecule has 1 heterocycles. The van der Waals surface area contributed by atoms with Crippen molar-refractivity contribution >= 4 is 0 Å². The zero-order valence-corrected chi connectivity index (χ0v) is 8.12. The van der Waals surface area contributed by atoms with Crippen molar-refractivity contribution in [3.8, 4) is 0 Å². The summed E-state index contributed by atoms with van der Waals surface area (Å²) in [5, 5.41) is 0. The second-order valence-corrected chi connectivity index (χ2v) is 3.44. The summed E-state index contributed by atoms with van der Waals surface area (Å²) in [6, 6.07) is 3.15. The summed E-state index contributed by atoms with van der Waals surface area (Å²) in [5.41, 5.74) is 0.684. The Balaban J connectivity index is 3.19. The van der Waals surface area contributed by atoms with Crippen LogP contribution in [0.4, 0.5) is 4.39 Å². The van der Waals surface area contributed by atoms with E-state index in [1.165, 1.54) is 13.0 Å². The molecule has 0 aliphatic heterocycles. The van der Waals surface area contributed by atoms with E-state index in [-0.39, 0.29) is 5.56 Å². The molecular weight excluding hydrogens is 169 g/mol. The van der Waals surface area contributed by atoms with Crippen LogP contribution in [-0.4, -0.2) is 4.57 Å². The summed E-state index contributed by atoms with van der Waals surface area (Å²) in [5.74, 6) is 0.311. The third-order valence-electron chi connectivity index (χ3n) is 2.01. The maximum absolute atomic E-state index is 12.9. The first-order valence-corrected chi connectivity index (χ1v) is 4.38. The lowest BCUT2D eigenvalue weighted by atomic mass is 10.1. The van der Waals surface area contributed by atoms with Crippen LogP contribution in [0, 0.1) is 0 Å².